The average Bonchev–Trinajstić information content (AvgIpc) is 1.92. The van der Waals surface area contributed by atoms with Gasteiger partial charge in [0, 0.05) is 75.2 Å². The lowest BCUT2D eigenvalue weighted by Crippen LogP contribution is -2.64. The number of methoxy groups -OCH3 is 1. The number of phenolic OH excluding ortho intramolecular Hbond substituents is 1. The number of unbranched alkanes of at least 4 members (excludes halogenated alkanes) is 2. The number of carbonyl (C=O) groups is 8. The predicted molar refractivity (Wildman–Crippen MR) is 312 cm³/mol. The topological polar surface area (TPSA) is 463 Å². The molecule has 15 N–H and O–H groups in total. The van der Waals surface area contributed by atoms with E-state index in [-0.39, 0.29) is 29.2 Å². The van der Waals surface area contributed by atoms with Gasteiger partial charge in [-0.2, -0.15) is 0 Å². The van der Waals surface area contributed by atoms with Gasteiger partial charge in [0.15, 0.2) is 11.5 Å². The minimum atomic E-state index is -2.22. The summed E-state index contributed by atoms with van der Waals surface area (Å²) in [5.41, 5.74) is 6.85. The number of fused-ring (bicyclic) bond motifs is 2. The Kier molecular flexibility index (Phi) is 24.9. The number of ether oxygens (including phenoxy) is 2. The Morgan fingerprint density at radius 3 is 2.07 bits per heavy atom. The van der Waals surface area contributed by atoms with Crippen LogP contribution in [0.2, 0.25) is 0 Å². The van der Waals surface area contributed by atoms with E-state index in [0.717, 1.165) is 53.7 Å². The minimum absolute atomic E-state index is 0.000606. The largest absolute Gasteiger partial charge is 0.504 e. The van der Waals surface area contributed by atoms with Crippen LogP contribution in [0, 0.1) is 5.92 Å². The number of aromatic hydroxyl groups is 1. The summed E-state index contributed by atoms with van der Waals surface area (Å²) in [4.78, 5) is 115. The number of aromatic nitrogens is 2. The molecule has 7 rings (SSSR count). The molecule has 0 spiro atoms. The van der Waals surface area contributed by atoms with E-state index in [2.05, 4.69) is 46.2 Å². The number of aliphatic hydroxyl groups excluding tert-OH is 6. The van der Waals surface area contributed by atoms with Crippen molar-refractivity contribution in [2.45, 2.75) is 132 Å². The van der Waals surface area contributed by atoms with E-state index in [1.807, 2.05) is 24.3 Å². The SMILES string of the molecule is COCCCCCOc1ccc(-c2nnc(-c3ccc(C(=O)NC4CC(O)CNC(=O)C5C(O)C(C)CN5C(=O)C(C(O)CC(N)=O)NC(=O)C(C(O)Cc5ccc(O)c(OSOOO)c5)NC(=O)C5CC(O)CN5C(=O)C(C(C)O)NC4=O)cc3)s2)cc1. The van der Waals surface area contributed by atoms with Crippen LogP contribution in [0.1, 0.15) is 68.3 Å². The van der Waals surface area contributed by atoms with Crippen LogP contribution in [0.15, 0.2) is 66.7 Å². The van der Waals surface area contributed by atoms with E-state index in [1.165, 1.54) is 36.5 Å². The molecule has 4 heterocycles. The Labute approximate surface area is 517 Å². The summed E-state index contributed by atoms with van der Waals surface area (Å²) in [5.74, 6) is -10.4. The highest BCUT2D eigenvalue weighted by molar-refractivity contribution is 7.90. The van der Waals surface area contributed by atoms with Crippen molar-refractivity contribution in [2.24, 2.45) is 11.7 Å². The van der Waals surface area contributed by atoms with Gasteiger partial charge in [-0.05, 0) is 80.3 Å². The number of nitrogens with two attached hydrogens (primary N) is 1. The van der Waals surface area contributed by atoms with E-state index in [4.69, 9.17) is 24.6 Å². The fourth-order valence-corrected chi connectivity index (χ4v) is 11.4. The highest BCUT2D eigenvalue weighted by Crippen LogP contribution is 2.33. The van der Waals surface area contributed by atoms with Crippen LogP contribution in [-0.4, -0.2) is 221 Å². The van der Waals surface area contributed by atoms with Gasteiger partial charge in [0.1, 0.15) is 52.0 Å². The monoisotopic (exact) mass is 1280 g/mol. The number of primary amides is 1. The van der Waals surface area contributed by atoms with E-state index in [9.17, 15) is 74.1 Å². The Bertz CT molecular complexity index is 3110. The molecular weight excluding hydrogens is 1210 g/mol. The van der Waals surface area contributed by atoms with Crippen LogP contribution in [0.4, 0.5) is 0 Å². The predicted octanol–water partition coefficient (Wildman–Crippen LogP) is -2.04. The molecule has 8 amide bonds. The molecule has 484 valence electrons. The van der Waals surface area contributed by atoms with Crippen molar-refractivity contribution in [3.63, 3.8) is 0 Å². The summed E-state index contributed by atoms with van der Waals surface area (Å²) in [6, 6.07) is 5.21. The van der Waals surface area contributed by atoms with Crippen molar-refractivity contribution < 1.29 is 102 Å². The summed E-state index contributed by atoms with van der Waals surface area (Å²) >= 11 is 1.34. The Morgan fingerprint density at radius 2 is 1.42 bits per heavy atom. The second kappa shape index (κ2) is 32.2. The van der Waals surface area contributed by atoms with Gasteiger partial charge in [-0.25, -0.2) is 5.26 Å². The van der Waals surface area contributed by atoms with E-state index in [0.29, 0.717) is 34.5 Å². The fraction of sp³-hybridized carbons (Fsp3) is 0.500. The maximum atomic E-state index is 14.7. The molecule has 3 aromatic carbocycles. The summed E-state index contributed by atoms with van der Waals surface area (Å²) < 4.78 is 20.2. The van der Waals surface area contributed by atoms with Gasteiger partial charge in [0.25, 0.3) is 18.2 Å². The summed E-state index contributed by atoms with van der Waals surface area (Å²) in [6.45, 7) is 2.10. The molecule has 3 aliphatic heterocycles. The first-order valence-corrected chi connectivity index (χ1v) is 29.7. The minimum Gasteiger partial charge on any atom is -0.504 e. The van der Waals surface area contributed by atoms with Gasteiger partial charge in [0.2, 0.25) is 41.4 Å². The Balaban J connectivity index is 1.17. The fourth-order valence-electron chi connectivity index (χ4n) is 10.3. The van der Waals surface area contributed by atoms with Crippen LogP contribution in [0.25, 0.3) is 21.1 Å². The molecule has 0 aliphatic carbocycles. The maximum absolute atomic E-state index is 14.7. The zero-order valence-electron chi connectivity index (χ0n) is 48.4. The number of hydrogen-bond donors (Lipinski definition) is 14. The number of rotatable bonds is 22. The number of nitrogens with one attached hydrogen (secondary N) is 5. The molecule has 13 atom stereocenters. The van der Waals surface area contributed by atoms with Crippen molar-refractivity contribution in [1.82, 2.24) is 46.6 Å². The zero-order valence-corrected chi connectivity index (χ0v) is 50.0. The van der Waals surface area contributed by atoms with Crippen LogP contribution >= 0.6 is 23.7 Å². The number of hydrogen-bond acceptors (Lipinski definition) is 25. The lowest BCUT2D eigenvalue weighted by molar-refractivity contribution is -0.433. The molecule has 0 bridgehead atoms. The molecule has 3 aliphatic rings. The number of amides is 8. The van der Waals surface area contributed by atoms with Crippen molar-refractivity contribution in [2.75, 3.05) is 40.0 Å². The first kappa shape index (κ1) is 68.8. The highest BCUT2D eigenvalue weighted by atomic mass is 32.2. The third-order valence-electron chi connectivity index (χ3n) is 15.0. The van der Waals surface area contributed by atoms with Crippen molar-refractivity contribution in [3.05, 3.63) is 77.9 Å². The number of β-amino-alcohol motifs (C(OH)–C–C–N with tert-alkyl or cyclic N) is 1. The van der Waals surface area contributed by atoms with Gasteiger partial charge in [-0.3, -0.25) is 38.4 Å². The lowest BCUT2D eigenvalue weighted by atomic mass is 9.98. The first-order chi connectivity index (χ1) is 42.5. The smallest absolute Gasteiger partial charge is 0.261 e. The molecule has 13 unspecified atom stereocenters. The van der Waals surface area contributed by atoms with Gasteiger partial charge < -0.3 is 91.5 Å². The first-order valence-electron chi connectivity index (χ1n) is 28.2. The third kappa shape index (κ3) is 18.3. The molecule has 1 aromatic heterocycles. The molecule has 0 radical (unpaired) electrons. The Hall–Kier alpha value is -7.67. The van der Waals surface area contributed by atoms with E-state index in [1.54, 1.807) is 19.2 Å². The summed E-state index contributed by atoms with van der Waals surface area (Å²) in [5, 5.41) is 112. The summed E-state index contributed by atoms with van der Waals surface area (Å²) in [7, 11) is 1.66. The Morgan fingerprint density at radius 1 is 0.775 bits per heavy atom. The van der Waals surface area contributed by atoms with E-state index < -0.39 is 177 Å². The maximum Gasteiger partial charge on any atom is 0.261 e. The van der Waals surface area contributed by atoms with E-state index >= 15 is 0 Å². The molecule has 31 nitrogen and oxygen atoms in total. The van der Waals surface area contributed by atoms with Crippen molar-refractivity contribution in [1.29, 1.82) is 0 Å². The lowest BCUT2D eigenvalue weighted by Gasteiger charge is -2.33. The van der Waals surface area contributed by atoms with Crippen LogP contribution in [-0.2, 0) is 54.1 Å². The average molecular weight is 1290 g/mol. The number of phenols is 1. The quantitative estimate of drug-likeness (QED) is 0.0174. The standard InChI is InChI=1S/C56H72N10O21S2/c1-27-25-66-46(47(27)74)52(79)58-24-33(68)21-36(59-48(75)30-8-10-31(11-9-30)53-63-64-54(88-53)32-12-14-35(15-13-32)84-18-6-4-5-17-83-3)49(76)60-43(28(2)67)55(80)65-26-34(69)22-37(65)50(77)61-44(51(78)62-45(56(66)81)40(72)23-42(57)73)39(71)19-29-7-16-38(70)41(20-29)85-89-87-86-82/h7-16,20,27-28,33-34,36-37,39-40,43-47,67-72,74,82H,4-6,17-19,21-26H2,1-3H3,(H2,57,73)(H,58,79)(H,59,75)(H,60,76)(H,61,77)(H,62,78). The molecular formula is C56H72N10O21S2. The number of benzene rings is 3. The molecule has 89 heavy (non-hydrogen) atoms. The van der Waals surface area contributed by atoms with Gasteiger partial charge in [0.05, 0.1) is 49.7 Å². The van der Waals surface area contributed by atoms with Crippen molar-refractivity contribution >= 4 is 70.9 Å². The molecule has 3 fully saturated rings. The molecule has 4 aromatic rings. The van der Waals surface area contributed by atoms with Gasteiger partial charge in [-0.1, -0.05) is 45.8 Å². The third-order valence-corrected chi connectivity index (χ3v) is 16.4. The van der Waals surface area contributed by atoms with Crippen LogP contribution in [0.3, 0.4) is 0 Å². The highest BCUT2D eigenvalue weighted by Gasteiger charge is 2.50. The van der Waals surface area contributed by atoms with Crippen LogP contribution in [0.5, 0.6) is 17.2 Å². The van der Waals surface area contributed by atoms with Crippen molar-refractivity contribution in [3.8, 4) is 38.4 Å². The molecule has 3 saturated heterocycles. The second-order valence-electron chi connectivity index (χ2n) is 21.7. The number of aliphatic hydroxyl groups is 6. The van der Waals surface area contributed by atoms with Gasteiger partial charge >= 0.3 is 0 Å². The second-order valence-corrected chi connectivity index (χ2v) is 23.1. The number of nitrogens with zero attached hydrogens (tertiary/aromatic N) is 4. The normalized spacial score (nSPS) is 25.1. The molecule has 0 saturated carbocycles. The zero-order chi connectivity index (χ0) is 64.6. The molecule has 33 heteroatoms. The van der Waals surface area contributed by atoms with Gasteiger partial charge in [-0.15, -0.1) is 10.2 Å². The number of carbonyl (C=O) groups excluding carboxylic acids is 8. The summed E-state index contributed by atoms with van der Waals surface area (Å²) in [6.07, 6.45) is -10.8. The van der Waals surface area contributed by atoms with Crippen LogP contribution < -0.4 is 41.2 Å².